The van der Waals surface area contributed by atoms with Crippen LogP contribution >= 0.6 is 0 Å². The summed E-state index contributed by atoms with van der Waals surface area (Å²) in [6.45, 7) is 50.4. The molecular weight excluding hydrogens is 1700 g/mol. The normalized spacial score (nSPS) is 44.8. The number of aliphatic hydroxyl groups is 6. The van der Waals surface area contributed by atoms with Crippen LogP contribution in [0.15, 0.2) is 21.6 Å². The minimum Gasteiger partial charge on any atom is -0.463 e. The van der Waals surface area contributed by atoms with Crippen molar-refractivity contribution in [2.45, 2.75) is 470 Å². The number of nitrogens with zero attached hydrogens (tertiary/aromatic N) is 6. The number of fused-ring (bicyclic) bond motifs is 6. The van der Waals surface area contributed by atoms with E-state index in [0.29, 0.717) is 39.6 Å². The minimum absolute atomic E-state index is 0. The van der Waals surface area contributed by atoms with E-state index in [1.807, 2.05) is 118 Å². The topological polar surface area (TPSA) is 522 Å². The maximum Gasteiger partial charge on any atom is 0.232 e. The molecule has 44 nitrogen and oxygen atoms in total. The molecular formula is C84H146N6O38. The number of azide groups is 2. The molecule has 0 amide bonds. The van der Waals surface area contributed by atoms with Gasteiger partial charge in [-0.15, -0.1) is 0 Å². The molecule has 18 saturated heterocycles. The highest BCUT2D eigenvalue weighted by atomic mass is 16.9. The Balaban J connectivity index is 0.000000168. The van der Waals surface area contributed by atoms with E-state index in [9.17, 15) is 25.2 Å². The monoisotopic (exact) mass is 1850 g/mol. The molecule has 0 aliphatic carbocycles. The molecule has 0 aromatic carbocycles. The SMILES string of the molecule is C.C.C.C.CC1(C)OC[C@@H]([C@H]2O[C@@H]3OC(C)(C)O[C@H]3C2=O)O1.CC1(C)O[C@H]2O[C@@H]([C@H]3COC(C)(C)O3)[C@@H](O)[C@@H]2O1.CC1(C)O[C@H]2O[C@@H]([C@H]3COC(C)(C)O3)[C@H](N=[N+]=[N-])[C@@H]2O1.CC1(C)O[C@H]2O[C@H]([C@@H]3COC(C)(C)O3)[C@H](O)[C@@H]2O1.CC1=C([C@@H]2COC(C)(C)O2)O[C@@H]2OC(C)(C)O[C@@H]12.C[C@H]1[C@@H]2OC(C)(C)O[C@H]2O[C@H]1[C@H]1COC(C)(C)O1.[N-]=[N+]=N[C@@H]1C(O)C(O)OC(CO)[C@@H]1O. The largest absolute Gasteiger partial charge is 0.463 e. The second kappa shape index (κ2) is 39.8. The van der Waals surface area contributed by atoms with Crippen LogP contribution in [0.1, 0.15) is 210 Å². The number of rotatable bonds is 9. The quantitative estimate of drug-likeness (QED) is 0.0752. The van der Waals surface area contributed by atoms with Crippen molar-refractivity contribution in [1.82, 2.24) is 0 Å². The average Bonchev–Trinajstić information content (AvgIpc) is 1.72. The van der Waals surface area contributed by atoms with Gasteiger partial charge in [0.1, 0.15) is 116 Å². The summed E-state index contributed by atoms with van der Waals surface area (Å²) in [5.74, 6) is -6.86. The molecule has 0 bridgehead atoms. The lowest BCUT2D eigenvalue weighted by Gasteiger charge is -2.37. The Morgan fingerprint density at radius 2 is 0.664 bits per heavy atom. The van der Waals surface area contributed by atoms with Crippen molar-refractivity contribution in [3.8, 4) is 0 Å². The van der Waals surface area contributed by atoms with E-state index in [2.05, 4.69) is 31.7 Å². The van der Waals surface area contributed by atoms with Gasteiger partial charge in [0, 0.05) is 21.3 Å². The number of Topliss-reactive ketones (excluding diaryl/α,β-unsaturated/α-hetero) is 1. The minimum atomic E-state index is -1.58. The molecule has 19 aliphatic heterocycles. The standard InChI is InChI=1S/C13H22O5.C13H20O5.C12H19N3O5.2C12H20O6.C12H18O6.C6H11N3O5.4CH4/c2*1-7-9(8-6-14-12(2,3)16-8)15-11-10(7)17-13(4,5)18-11;1-11(2)16-5-6(18-11)8-7(14-15-13)9-10(17-8)20-12(3,4)19-9;3*1-11(2)14-5-6(16-11)8-7(13)9-10(15-8)18-12(3,4)17-9;7-9-8-3-4(11)2(1-10)14-6(13)5(3)12;;;;/h7-11H,6H2,1-5H3;8,10-11H,6H2,1-5H3;6-10H,5H2,1-4H3;2*6-10,13H,5H2,1-4H3;6,8-10H,5H2,1-4H3;2-6,10-13H,1H2;4*1H4/t7-,8-,9-,10+,11-;8-,10-,11+;6-,7+,8+,9+,10-;6-,7-,8+,9+,10-;6-,7-,8+,9-,10+;6-,8+,9-,10+;2?,3-,4-,5?,6?;;;;/m1011000..../s1. The lowest BCUT2D eigenvalue weighted by Crippen LogP contribution is -2.57. The van der Waals surface area contributed by atoms with Crippen molar-refractivity contribution in [3.05, 3.63) is 32.2 Å². The summed E-state index contributed by atoms with van der Waals surface area (Å²) in [7, 11) is 0. The molecule has 6 N–H and O–H groups in total. The van der Waals surface area contributed by atoms with E-state index in [-0.39, 0.29) is 103 Å². The molecule has 0 radical (unpaired) electrons. The predicted octanol–water partition coefficient (Wildman–Crippen LogP) is 7.24. The Labute approximate surface area is 749 Å². The van der Waals surface area contributed by atoms with Gasteiger partial charge in [0.05, 0.1) is 70.5 Å². The number of ether oxygens (including phenoxy) is 31. The smallest absolute Gasteiger partial charge is 0.232 e. The van der Waals surface area contributed by atoms with Gasteiger partial charge in [-0.1, -0.05) is 46.9 Å². The molecule has 3 unspecified atom stereocenters. The predicted molar refractivity (Wildman–Crippen MR) is 439 cm³/mol. The molecule has 0 aromatic rings. The Morgan fingerprint density at radius 1 is 0.328 bits per heavy atom. The van der Waals surface area contributed by atoms with E-state index in [4.69, 9.17) is 163 Å². The summed E-state index contributed by atoms with van der Waals surface area (Å²) in [6.07, 6.45) is -15.6. The van der Waals surface area contributed by atoms with Crippen LogP contribution in [0.4, 0.5) is 0 Å². The van der Waals surface area contributed by atoms with Gasteiger partial charge in [0.15, 0.2) is 125 Å². The molecule has 19 heterocycles. The van der Waals surface area contributed by atoms with Crippen molar-refractivity contribution in [2.75, 3.05) is 46.2 Å². The van der Waals surface area contributed by atoms with Gasteiger partial charge >= 0.3 is 0 Å². The molecule has 128 heavy (non-hydrogen) atoms. The highest BCUT2D eigenvalue weighted by Crippen LogP contribution is 2.49. The molecule has 0 aromatic heterocycles. The fourth-order valence-electron chi connectivity index (χ4n) is 17.7. The van der Waals surface area contributed by atoms with Crippen LogP contribution in [0.5, 0.6) is 0 Å². The maximum absolute atomic E-state index is 12.2. The molecule has 44 heteroatoms. The molecule has 19 rings (SSSR count). The first-order chi connectivity index (χ1) is 57.3. The van der Waals surface area contributed by atoms with Crippen LogP contribution in [0.3, 0.4) is 0 Å². The summed E-state index contributed by atoms with van der Waals surface area (Å²) in [5.41, 5.74) is 18.0. The van der Waals surface area contributed by atoms with Gasteiger partial charge in [0.2, 0.25) is 6.29 Å². The van der Waals surface area contributed by atoms with Crippen LogP contribution in [-0.2, 0) is 152 Å². The van der Waals surface area contributed by atoms with Gasteiger partial charge in [-0.2, -0.15) is 0 Å². The van der Waals surface area contributed by atoms with E-state index in [0.717, 1.165) is 11.3 Å². The van der Waals surface area contributed by atoms with Gasteiger partial charge < -0.3 is 177 Å². The third kappa shape index (κ3) is 24.7. The van der Waals surface area contributed by atoms with Gasteiger partial charge in [-0.3, -0.25) is 4.79 Å². The molecule has 0 spiro atoms. The number of aliphatic hydroxyl groups excluding tert-OH is 6. The maximum atomic E-state index is 12.2. The number of carbonyl (C=O) groups excluding carboxylic acids is 1. The Kier molecular flexibility index (Phi) is 33.6. The second-order valence-corrected chi connectivity index (χ2v) is 38.9. The lowest BCUT2D eigenvalue weighted by atomic mass is 9.97. The Hall–Kier alpha value is -3.61. The summed E-state index contributed by atoms with van der Waals surface area (Å²) < 4.78 is 175. The first-order valence-electron chi connectivity index (χ1n) is 42.3. The van der Waals surface area contributed by atoms with E-state index in [1.54, 1.807) is 55.4 Å². The highest BCUT2D eigenvalue weighted by molar-refractivity contribution is 5.90. The zero-order chi connectivity index (χ0) is 90.9. The van der Waals surface area contributed by atoms with E-state index >= 15 is 0 Å². The van der Waals surface area contributed by atoms with Crippen molar-refractivity contribution >= 4 is 5.78 Å². The van der Waals surface area contributed by atoms with E-state index in [1.165, 1.54) is 0 Å². The number of hydrogen-bond acceptors (Lipinski definition) is 40. The van der Waals surface area contributed by atoms with Crippen LogP contribution in [0, 0.1) is 5.92 Å². The molecule has 740 valence electrons. The molecule has 18 fully saturated rings. The summed E-state index contributed by atoms with van der Waals surface area (Å²) in [6, 6.07) is -1.71. The number of ketones is 1. The Morgan fingerprint density at radius 3 is 1.05 bits per heavy atom. The second-order valence-electron chi connectivity index (χ2n) is 38.9. The molecule has 0 saturated carbocycles. The zero-order valence-electron chi connectivity index (χ0n) is 75.4. The van der Waals surface area contributed by atoms with Crippen LogP contribution in [0.25, 0.3) is 20.9 Å². The third-order valence-electron chi connectivity index (χ3n) is 23.1. The lowest BCUT2D eigenvalue weighted by molar-refractivity contribution is -0.258. The van der Waals surface area contributed by atoms with Gasteiger partial charge in [-0.25, -0.2) is 0 Å². The summed E-state index contributed by atoms with van der Waals surface area (Å²) in [5, 5.41) is 64.0. The number of carbonyl (C=O) groups is 1. The summed E-state index contributed by atoms with van der Waals surface area (Å²) in [4.78, 5) is 17.5. The number of hydrogen-bond donors (Lipinski definition) is 6. The van der Waals surface area contributed by atoms with Crippen LogP contribution in [-0.4, -0.2) is 343 Å². The Bertz CT molecular complexity index is 3680. The van der Waals surface area contributed by atoms with Crippen molar-refractivity contribution in [3.63, 3.8) is 0 Å². The third-order valence-corrected chi connectivity index (χ3v) is 23.1. The summed E-state index contributed by atoms with van der Waals surface area (Å²) >= 11 is 0. The fourth-order valence-corrected chi connectivity index (χ4v) is 17.7. The first kappa shape index (κ1) is 108. The highest BCUT2D eigenvalue weighted by Gasteiger charge is 2.64. The van der Waals surface area contributed by atoms with Gasteiger partial charge in [0.25, 0.3) is 0 Å². The van der Waals surface area contributed by atoms with Gasteiger partial charge in [-0.05, 0) is 184 Å². The molecule has 32 atom stereocenters. The van der Waals surface area contributed by atoms with Crippen molar-refractivity contribution in [1.29, 1.82) is 0 Å². The average molecular weight is 1850 g/mol. The van der Waals surface area contributed by atoms with Crippen LogP contribution in [0.2, 0.25) is 0 Å². The van der Waals surface area contributed by atoms with E-state index < -0.39 is 205 Å². The fraction of sp³-hybridized carbons (Fsp3) is 0.964. The molecule has 19 aliphatic rings. The first-order valence-corrected chi connectivity index (χ1v) is 42.3. The van der Waals surface area contributed by atoms with Crippen molar-refractivity contribution in [2.24, 2.45) is 16.1 Å². The zero-order valence-corrected chi connectivity index (χ0v) is 75.4. The van der Waals surface area contributed by atoms with Crippen molar-refractivity contribution < 1.29 is 182 Å². The van der Waals surface area contributed by atoms with Crippen LogP contribution < -0.4 is 0 Å².